The molecule has 0 saturated carbocycles. The van der Waals surface area contributed by atoms with E-state index in [2.05, 4.69) is 10.6 Å². The molecule has 160 valence electrons. The topological polar surface area (TPSA) is 79.9 Å². The Morgan fingerprint density at radius 1 is 1.03 bits per heavy atom. The Morgan fingerprint density at radius 3 is 2.27 bits per heavy atom. The summed E-state index contributed by atoms with van der Waals surface area (Å²) in [4.78, 5) is 25.8. The van der Waals surface area contributed by atoms with Gasteiger partial charge in [-0.25, -0.2) is 9.18 Å². The highest BCUT2D eigenvalue weighted by Crippen LogP contribution is 2.26. The third-order valence-electron chi connectivity index (χ3n) is 4.88. The lowest BCUT2D eigenvalue weighted by atomic mass is 9.96. The first kappa shape index (κ1) is 21.6. The van der Waals surface area contributed by atoms with Crippen LogP contribution >= 0.6 is 0 Å². The van der Waals surface area contributed by atoms with Gasteiger partial charge in [-0.3, -0.25) is 4.79 Å². The third kappa shape index (κ3) is 5.70. The molecule has 0 aliphatic carbocycles. The average molecular weight is 415 g/mol. The molecule has 7 nitrogen and oxygen atoms in total. The summed E-state index contributed by atoms with van der Waals surface area (Å²) in [6.45, 7) is 0.510. The number of amides is 3. The van der Waals surface area contributed by atoms with E-state index in [1.54, 1.807) is 31.4 Å². The third-order valence-corrected chi connectivity index (χ3v) is 4.88. The van der Waals surface area contributed by atoms with Crippen molar-refractivity contribution in [1.29, 1.82) is 0 Å². The van der Waals surface area contributed by atoms with Crippen molar-refractivity contribution < 1.29 is 23.5 Å². The van der Waals surface area contributed by atoms with E-state index in [1.807, 2.05) is 24.3 Å². The molecular formula is C22H26FN3O4. The van der Waals surface area contributed by atoms with Gasteiger partial charge in [-0.1, -0.05) is 24.3 Å². The minimum absolute atomic E-state index is 0.00231. The molecule has 0 bridgehead atoms. The van der Waals surface area contributed by atoms with E-state index in [4.69, 9.17) is 9.47 Å². The summed E-state index contributed by atoms with van der Waals surface area (Å²) in [6.07, 6.45) is 0.188. The van der Waals surface area contributed by atoms with Crippen LogP contribution in [0.4, 0.5) is 14.9 Å². The highest BCUT2D eigenvalue weighted by molar-refractivity contribution is 5.89. The summed E-state index contributed by atoms with van der Waals surface area (Å²) in [7, 11) is 3.05. The molecular weight excluding hydrogens is 389 g/mol. The number of carbonyl (C=O) groups excluding carboxylic acids is 2. The van der Waals surface area contributed by atoms with Crippen LogP contribution in [0.3, 0.4) is 0 Å². The molecule has 0 atom stereocenters. The second-order valence-corrected chi connectivity index (χ2v) is 7.36. The average Bonchev–Trinajstić information content (AvgIpc) is 2.72. The quantitative estimate of drug-likeness (QED) is 0.695. The number of ether oxygens (including phenoxy) is 2. The molecule has 1 heterocycles. The van der Waals surface area contributed by atoms with Crippen LogP contribution in [0.15, 0.2) is 48.5 Å². The molecule has 1 aliphatic rings. The molecule has 2 aromatic rings. The van der Waals surface area contributed by atoms with E-state index < -0.39 is 5.67 Å². The predicted molar refractivity (Wildman–Crippen MR) is 111 cm³/mol. The standard InChI is InChI=1S/C22H26FN3O4/c1-29-15-22(23)13-26(14-22)20(27)11-16-3-7-18(8-4-16)25-21(28)24-12-17-5-9-19(30-2)10-6-17/h3-10H,11-15H2,1-2H3,(H2,24,25,28). The number of urea groups is 1. The number of halogens is 1. The fraction of sp³-hybridized carbons (Fsp3) is 0.364. The molecule has 8 heteroatoms. The maximum atomic E-state index is 14.1. The Bertz CT molecular complexity index is 865. The highest BCUT2D eigenvalue weighted by Gasteiger charge is 2.45. The van der Waals surface area contributed by atoms with Gasteiger partial charge in [0.1, 0.15) is 5.75 Å². The Morgan fingerprint density at radius 2 is 1.67 bits per heavy atom. The molecule has 1 saturated heterocycles. The van der Waals surface area contributed by atoms with Gasteiger partial charge in [0.25, 0.3) is 0 Å². The minimum Gasteiger partial charge on any atom is -0.497 e. The molecule has 3 amide bonds. The summed E-state index contributed by atoms with van der Waals surface area (Å²) in [6, 6.07) is 14.1. The number of likely N-dealkylation sites (tertiary alicyclic amines) is 1. The van der Waals surface area contributed by atoms with E-state index in [1.165, 1.54) is 12.0 Å². The first-order chi connectivity index (χ1) is 14.4. The van der Waals surface area contributed by atoms with E-state index in [0.717, 1.165) is 16.9 Å². The fourth-order valence-corrected chi connectivity index (χ4v) is 3.26. The monoisotopic (exact) mass is 415 g/mol. The van der Waals surface area contributed by atoms with E-state index in [0.29, 0.717) is 12.2 Å². The minimum atomic E-state index is -1.43. The van der Waals surface area contributed by atoms with Gasteiger partial charge in [0, 0.05) is 19.3 Å². The normalized spacial score (nSPS) is 14.6. The number of nitrogens with zero attached hydrogens (tertiary/aromatic N) is 1. The van der Waals surface area contributed by atoms with Crippen molar-refractivity contribution in [3.63, 3.8) is 0 Å². The van der Waals surface area contributed by atoms with E-state index >= 15 is 0 Å². The summed E-state index contributed by atoms with van der Waals surface area (Å²) < 4.78 is 24.0. The predicted octanol–water partition coefficient (Wildman–Crippen LogP) is 2.76. The van der Waals surface area contributed by atoms with Crippen molar-refractivity contribution in [2.45, 2.75) is 18.6 Å². The number of benzene rings is 2. The number of hydrogen-bond donors (Lipinski definition) is 2. The smallest absolute Gasteiger partial charge is 0.319 e. The van der Waals surface area contributed by atoms with Gasteiger partial charge in [0.05, 0.1) is 33.2 Å². The zero-order chi connectivity index (χ0) is 21.6. The van der Waals surface area contributed by atoms with Crippen LogP contribution < -0.4 is 15.4 Å². The van der Waals surface area contributed by atoms with Crippen LogP contribution in [-0.4, -0.2) is 56.4 Å². The number of alkyl halides is 1. The van der Waals surface area contributed by atoms with Crippen molar-refractivity contribution in [2.24, 2.45) is 0 Å². The Labute approximate surface area is 175 Å². The zero-order valence-corrected chi connectivity index (χ0v) is 17.1. The second-order valence-electron chi connectivity index (χ2n) is 7.36. The number of carbonyl (C=O) groups is 2. The fourth-order valence-electron chi connectivity index (χ4n) is 3.26. The van der Waals surface area contributed by atoms with Crippen LogP contribution in [0.25, 0.3) is 0 Å². The largest absolute Gasteiger partial charge is 0.497 e. The van der Waals surface area contributed by atoms with Gasteiger partial charge >= 0.3 is 6.03 Å². The van der Waals surface area contributed by atoms with Crippen LogP contribution in [-0.2, 0) is 22.5 Å². The molecule has 1 aliphatic heterocycles. The van der Waals surface area contributed by atoms with Crippen LogP contribution in [0.5, 0.6) is 5.75 Å². The number of anilines is 1. The van der Waals surface area contributed by atoms with Crippen molar-refractivity contribution in [1.82, 2.24) is 10.2 Å². The lowest BCUT2D eigenvalue weighted by molar-refractivity contribution is -0.149. The molecule has 2 N–H and O–H groups in total. The molecule has 0 radical (unpaired) electrons. The summed E-state index contributed by atoms with van der Waals surface area (Å²) in [5.74, 6) is 0.632. The van der Waals surface area contributed by atoms with Gasteiger partial charge in [-0.15, -0.1) is 0 Å². The molecule has 2 aromatic carbocycles. The summed E-state index contributed by atoms with van der Waals surface area (Å²) in [5.41, 5.74) is 0.934. The molecule has 0 unspecified atom stereocenters. The Kier molecular flexibility index (Phi) is 6.89. The molecule has 3 rings (SSSR count). The SMILES string of the molecule is COCC1(F)CN(C(=O)Cc2ccc(NC(=O)NCc3ccc(OC)cc3)cc2)C1. The zero-order valence-electron chi connectivity index (χ0n) is 17.1. The van der Waals surface area contributed by atoms with Gasteiger partial charge in [-0.2, -0.15) is 0 Å². The molecule has 30 heavy (non-hydrogen) atoms. The Balaban J connectivity index is 1.42. The Hall–Kier alpha value is -3.13. The first-order valence-electron chi connectivity index (χ1n) is 9.63. The van der Waals surface area contributed by atoms with Gasteiger partial charge in [0.15, 0.2) is 5.67 Å². The van der Waals surface area contributed by atoms with Crippen molar-refractivity contribution in [3.8, 4) is 5.75 Å². The molecule has 0 spiro atoms. The lowest BCUT2D eigenvalue weighted by Gasteiger charge is -2.44. The molecule has 1 fully saturated rings. The van der Waals surface area contributed by atoms with Gasteiger partial charge in [-0.05, 0) is 35.4 Å². The number of rotatable bonds is 8. The second kappa shape index (κ2) is 9.58. The van der Waals surface area contributed by atoms with Crippen molar-refractivity contribution >= 4 is 17.6 Å². The van der Waals surface area contributed by atoms with E-state index in [-0.39, 0.29) is 38.1 Å². The molecule has 0 aromatic heterocycles. The summed E-state index contributed by atoms with van der Waals surface area (Å²) >= 11 is 0. The number of nitrogens with one attached hydrogen (secondary N) is 2. The summed E-state index contributed by atoms with van der Waals surface area (Å²) in [5, 5.41) is 5.53. The number of methoxy groups -OCH3 is 2. The maximum Gasteiger partial charge on any atom is 0.319 e. The van der Waals surface area contributed by atoms with Crippen molar-refractivity contribution in [3.05, 3.63) is 59.7 Å². The van der Waals surface area contributed by atoms with Gasteiger partial charge < -0.3 is 25.0 Å². The van der Waals surface area contributed by atoms with Crippen LogP contribution in [0, 0.1) is 0 Å². The number of hydrogen-bond acceptors (Lipinski definition) is 4. The van der Waals surface area contributed by atoms with Crippen LogP contribution in [0.1, 0.15) is 11.1 Å². The lowest BCUT2D eigenvalue weighted by Crippen LogP contribution is -2.63. The van der Waals surface area contributed by atoms with Crippen LogP contribution in [0.2, 0.25) is 0 Å². The van der Waals surface area contributed by atoms with Crippen molar-refractivity contribution in [2.75, 3.05) is 39.2 Å². The highest BCUT2D eigenvalue weighted by atomic mass is 19.1. The van der Waals surface area contributed by atoms with E-state index in [9.17, 15) is 14.0 Å². The van der Waals surface area contributed by atoms with Gasteiger partial charge in [0.2, 0.25) is 5.91 Å². The maximum absolute atomic E-state index is 14.1. The first-order valence-corrected chi connectivity index (χ1v) is 9.63.